The predicted octanol–water partition coefficient (Wildman–Crippen LogP) is 4.26. The molecule has 1 aliphatic rings. The molecule has 4 rings (SSSR count). The smallest absolute Gasteiger partial charge is 0.144 e. The monoisotopic (exact) mass is 314 g/mol. The summed E-state index contributed by atoms with van der Waals surface area (Å²) in [4.78, 5) is 8.87. The lowest BCUT2D eigenvalue weighted by Crippen LogP contribution is -2.20. The first kappa shape index (κ1) is 12.7. The molecular weight excluding hydrogens is 304 g/mol. The molecule has 6 heteroatoms. The second-order valence-electron chi connectivity index (χ2n) is 4.70. The standard InChI is InChI=1S/C15H11ClN4S/c16-10-5-6-14-12(7-10)20(8-15-17-9-18-19-15)11-3-1-2-4-13(11)21-14/h1-7,9H,8H2,(H,17,18,19). The van der Waals surface area contributed by atoms with Crippen molar-refractivity contribution in [3.63, 3.8) is 0 Å². The highest BCUT2D eigenvalue weighted by Crippen LogP contribution is 2.49. The van der Waals surface area contributed by atoms with Crippen LogP contribution in [0.15, 0.2) is 58.6 Å². The number of aromatic nitrogens is 3. The Morgan fingerprint density at radius 3 is 2.81 bits per heavy atom. The molecule has 0 radical (unpaired) electrons. The number of H-pyrrole nitrogens is 1. The van der Waals surface area contributed by atoms with Gasteiger partial charge in [0.1, 0.15) is 12.2 Å². The van der Waals surface area contributed by atoms with Crippen molar-refractivity contribution in [2.75, 3.05) is 4.90 Å². The largest absolute Gasteiger partial charge is 0.332 e. The Labute approximate surface area is 131 Å². The average Bonchev–Trinajstić information content (AvgIpc) is 3.01. The molecule has 2 heterocycles. The minimum Gasteiger partial charge on any atom is -0.332 e. The maximum Gasteiger partial charge on any atom is 0.144 e. The summed E-state index contributed by atoms with van der Waals surface area (Å²) in [6.45, 7) is 0.630. The summed E-state index contributed by atoms with van der Waals surface area (Å²) in [6, 6.07) is 14.3. The molecule has 0 spiro atoms. The second kappa shape index (κ2) is 5.09. The molecule has 4 nitrogen and oxygen atoms in total. The van der Waals surface area contributed by atoms with E-state index in [0.717, 1.165) is 22.2 Å². The Hall–Kier alpha value is -1.98. The van der Waals surface area contributed by atoms with Crippen LogP contribution >= 0.6 is 23.4 Å². The zero-order valence-corrected chi connectivity index (χ0v) is 12.5. The lowest BCUT2D eigenvalue weighted by Gasteiger charge is -2.32. The van der Waals surface area contributed by atoms with Crippen molar-refractivity contribution < 1.29 is 0 Å². The molecule has 104 valence electrons. The predicted molar refractivity (Wildman–Crippen MR) is 84.2 cm³/mol. The Balaban J connectivity index is 1.85. The van der Waals surface area contributed by atoms with Gasteiger partial charge in [-0.05, 0) is 30.3 Å². The Morgan fingerprint density at radius 1 is 1.10 bits per heavy atom. The fourth-order valence-electron chi connectivity index (χ4n) is 2.43. The van der Waals surface area contributed by atoms with Gasteiger partial charge in [0.2, 0.25) is 0 Å². The molecule has 0 amide bonds. The number of nitrogens with zero attached hydrogens (tertiary/aromatic N) is 3. The van der Waals surface area contributed by atoms with Crippen molar-refractivity contribution in [1.82, 2.24) is 15.2 Å². The van der Waals surface area contributed by atoms with E-state index in [4.69, 9.17) is 11.6 Å². The number of rotatable bonds is 2. The minimum atomic E-state index is 0.630. The van der Waals surface area contributed by atoms with E-state index in [1.165, 1.54) is 16.1 Å². The molecule has 2 aromatic carbocycles. The number of aromatic amines is 1. The number of halogens is 1. The van der Waals surface area contributed by atoms with E-state index in [9.17, 15) is 0 Å². The molecule has 21 heavy (non-hydrogen) atoms. The maximum absolute atomic E-state index is 6.18. The van der Waals surface area contributed by atoms with Crippen LogP contribution in [0.4, 0.5) is 11.4 Å². The molecule has 0 saturated carbocycles. The number of fused-ring (bicyclic) bond motifs is 2. The third-order valence-corrected chi connectivity index (χ3v) is 4.73. The van der Waals surface area contributed by atoms with Gasteiger partial charge in [0, 0.05) is 14.8 Å². The van der Waals surface area contributed by atoms with Gasteiger partial charge in [-0.1, -0.05) is 35.5 Å². The Morgan fingerprint density at radius 2 is 1.95 bits per heavy atom. The number of anilines is 2. The summed E-state index contributed by atoms with van der Waals surface area (Å²) in [5.41, 5.74) is 2.26. The van der Waals surface area contributed by atoms with Crippen LogP contribution in [0.5, 0.6) is 0 Å². The maximum atomic E-state index is 6.18. The number of nitrogens with one attached hydrogen (secondary N) is 1. The van der Waals surface area contributed by atoms with Crippen molar-refractivity contribution in [1.29, 1.82) is 0 Å². The van der Waals surface area contributed by atoms with E-state index in [1.807, 2.05) is 18.2 Å². The molecule has 1 aromatic heterocycles. The van der Waals surface area contributed by atoms with Gasteiger partial charge >= 0.3 is 0 Å². The third-order valence-electron chi connectivity index (χ3n) is 3.36. The van der Waals surface area contributed by atoms with Gasteiger partial charge in [-0.2, -0.15) is 5.10 Å². The zero-order chi connectivity index (χ0) is 14.2. The van der Waals surface area contributed by atoms with Gasteiger partial charge in [-0.15, -0.1) is 0 Å². The highest BCUT2D eigenvalue weighted by atomic mass is 35.5. The van der Waals surface area contributed by atoms with Crippen molar-refractivity contribution in [3.8, 4) is 0 Å². The molecule has 0 fully saturated rings. The van der Waals surface area contributed by atoms with Crippen LogP contribution in [0.1, 0.15) is 5.82 Å². The van der Waals surface area contributed by atoms with E-state index < -0.39 is 0 Å². The number of para-hydroxylation sites is 1. The highest BCUT2D eigenvalue weighted by molar-refractivity contribution is 7.99. The fourth-order valence-corrected chi connectivity index (χ4v) is 3.67. The van der Waals surface area contributed by atoms with Crippen LogP contribution in [-0.2, 0) is 6.54 Å². The normalized spacial score (nSPS) is 12.9. The average molecular weight is 315 g/mol. The van der Waals surface area contributed by atoms with Crippen LogP contribution in [0, 0.1) is 0 Å². The SMILES string of the molecule is Clc1ccc2c(c1)N(Cc1ncn[nH]1)c1ccccc1S2. The van der Waals surface area contributed by atoms with E-state index in [-0.39, 0.29) is 0 Å². The molecule has 3 aromatic rings. The first-order valence-electron chi connectivity index (χ1n) is 6.49. The molecule has 1 aliphatic heterocycles. The summed E-state index contributed by atoms with van der Waals surface area (Å²) in [6.07, 6.45) is 1.53. The topological polar surface area (TPSA) is 44.8 Å². The first-order valence-corrected chi connectivity index (χ1v) is 7.69. The molecule has 0 saturated heterocycles. The number of hydrogen-bond acceptors (Lipinski definition) is 4. The molecule has 0 bridgehead atoms. The van der Waals surface area contributed by atoms with Crippen LogP contribution in [0.3, 0.4) is 0 Å². The van der Waals surface area contributed by atoms with E-state index in [0.29, 0.717) is 6.54 Å². The molecular formula is C15H11ClN4S. The van der Waals surface area contributed by atoms with Crippen LogP contribution < -0.4 is 4.90 Å². The highest BCUT2D eigenvalue weighted by Gasteiger charge is 2.24. The summed E-state index contributed by atoms with van der Waals surface area (Å²) >= 11 is 7.94. The van der Waals surface area contributed by atoms with E-state index in [2.05, 4.69) is 44.3 Å². The molecule has 0 aliphatic carbocycles. The quantitative estimate of drug-likeness (QED) is 0.767. The van der Waals surface area contributed by atoms with Crippen LogP contribution in [0.25, 0.3) is 0 Å². The van der Waals surface area contributed by atoms with Gasteiger partial charge in [0.05, 0.1) is 17.9 Å². The molecule has 0 atom stereocenters. The molecule has 1 N–H and O–H groups in total. The van der Waals surface area contributed by atoms with Gasteiger partial charge < -0.3 is 4.90 Å². The summed E-state index contributed by atoms with van der Waals surface area (Å²) in [7, 11) is 0. The van der Waals surface area contributed by atoms with Crippen molar-refractivity contribution in [3.05, 3.63) is 59.6 Å². The van der Waals surface area contributed by atoms with E-state index >= 15 is 0 Å². The van der Waals surface area contributed by atoms with Crippen molar-refractivity contribution in [2.45, 2.75) is 16.3 Å². The minimum absolute atomic E-state index is 0.630. The summed E-state index contributed by atoms with van der Waals surface area (Å²) in [5.74, 6) is 0.822. The lowest BCUT2D eigenvalue weighted by molar-refractivity contribution is 0.858. The Bertz CT molecular complexity index is 788. The third kappa shape index (κ3) is 2.28. The van der Waals surface area contributed by atoms with Gasteiger partial charge in [0.15, 0.2) is 0 Å². The lowest BCUT2D eigenvalue weighted by atomic mass is 10.2. The van der Waals surface area contributed by atoms with E-state index in [1.54, 1.807) is 11.8 Å². The first-order chi connectivity index (χ1) is 10.3. The summed E-state index contributed by atoms with van der Waals surface area (Å²) in [5, 5.41) is 7.57. The molecule has 0 unspecified atom stereocenters. The van der Waals surface area contributed by atoms with Crippen LogP contribution in [0.2, 0.25) is 5.02 Å². The van der Waals surface area contributed by atoms with Crippen molar-refractivity contribution >= 4 is 34.7 Å². The van der Waals surface area contributed by atoms with Gasteiger partial charge in [0.25, 0.3) is 0 Å². The van der Waals surface area contributed by atoms with Gasteiger partial charge in [-0.25, -0.2) is 4.98 Å². The zero-order valence-electron chi connectivity index (χ0n) is 11.0. The number of benzene rings is 2. The number of hydrogen-bond donors (Lipinski definition) is 1. The Kier molecular flexibility index (Phi) is 3.09. The second-order valence-corrected chi connectivity index (χ2v) is 6.22. The van der Waals surface area contributed by atoms with Gasteiger partial charge in [-0.3, -0.25) is 5.10 Å². The summed E-state index contributed by atoms with van der Waals surface area (Å²) < 4.78 is 0. The fraction of sp³-hybridized carbons (Fsp3) is 0.0667. The van der Waals surface area contributed by atoms with Crippen molar-refractivity contribution in [2.24, 2.45) is 0 Å². The van der Waals surface area contributed by atoms with Crippen LogP contribution in [-0.4, -0.2) is 15.2 Å².